The van der Waals surface area contributed by atoms with Gasteiger partial charge in [-0.1, -0.05) is 6.07 Å². The van der Waals surface area contributed by atoms with E-state index in [2.05, 4.69) is 15.6 Å². The molecular weight excluding hydrogens is 372 g/mol. The molecule has 1 aromatic heterocycles. The summed E-state index contributed by atoms with van der Waals surface area (Å²) in [6.45, 7) is 1.93. The molecule has 1 aromatic carbocycles. The van der Waals surface area contributed by atoms with Crippen LogP contribution in [0.4, 0.5) is 0 Å². The fraction of sp³-hybridized carbons (Fsp3) is 0.381. The lowest BCUT2D eigenvalue weighted by atomic mass is 10.1. The average Bonchev–Trinajstić information content (AvgIpc) is 2.77. The standard InChI is InChI=1S/C21H26N4O4/c1-28-17-8-16(9-18(11-17)29-2)10-20(26)25-7-6-23-14-19(25)21(27)24-13-15-4-3-5-22-12-15/h3-5,8-9,11-12,19,23H,6-7,10,13-14H2,1-2H3,(H,24,27). The van der Waals surface area contributed by atoms with E-state index in [-0.39, 0.29) is 18.2 Å². The van der Waals surface area contributed by atoms with E-state index in [0.717, 1.165) is 11.1 Å². The minimum Gasteiger partial charge on any atom is -0.497 e. The van der Waals surface area contributed by atoms with Crippen molar-refractivity contribution in [3.8, 4) is 11.5 Å². The van der Waals surface area contributed by atoms with Gasteiger partial charge in [-0.05, 0) is 29.3 Å². The lowest BCUT2D eigenvalue weighted by Crippen LogP contribution is -2.59. The quantitative estimate of drug-likeness (QED) is 0.715. The topological polar surface area (TPSA) is 92.8 Å². The van der Waals surface area contributed by atoms with Crippen LogP contribution in [0.3, 0.4) is 0 Å². The Balaban J connectivity index is 1.67. The van der Waals surface area contributed by atoms with Crippen LogP contribution >= 0.6 is 0 Å². The van der Waals surface area contributed by atoms with E-state index in [1.54, 1.807) is 49.7 Å². The summed E-state index contributed by atoms with van der Waals surface area (Å²) in [7, 11) is 3.14. The second-order valence-corrected chi connectivity index (χ2v) is 6.78. The third kappa shape index (κ3) is 5.45. The molecule has 3 rings (SSSR count). The van der Waals surface area contributed by atoms with E-state index >= 15 is 0 Å². The van der Waals surface area contributed by atoms with Crippen molar-refractivity contribution in [1.29, 1.82) is 0 Å². The molecule has 1 saturated heterocycles. The van der Waals surface area contributed by atoms with Gasteiger partial charge in [0, 0.05) is 44.6 Å². The first-order valence-electron chi connectivity index (χ1n) is 9.49. The summed E-state index contributed by atoms with van der Waals surface area (Å²) in [5, 5.41) is 6.09. The Labute approximate surface area is 170 Å². The molecular formula is C21H26N4O4. The van der Waals surface area contributed by atoms with Gasteiger partial charge in [0.2, 0.25) is 11.8 Å². The highest BCUT2D eigenvalue weighted by molar-refractivity contribution is 5.89. The van der Waals surface area contributed by atoms with Gasteiger partial charge in [0.15, 0.2) is 0 Å². The maximum atomic E-state index is 13.0. The summed E-state index contributed by atoms with van der Waals surface area (Å²) < 4.78 is 10.5. The van der Waals surface area contributed by atoms with Gasteiger partial charge in [0.05, 0.1) is 20.6 Å². The Morgan fingerprint density at radius 2 is 1.97 bits per heavy atom. The molecule has 1 unspecified atom stereocenters. The smallest absolute Gasteiger partial charge is 0.244 e. The normalized spacial score (nSPS) is 16.2. The molecule has 2 aromatic rings. The zero-order valence-corrected chi connectivity index (χ0v) is 16.7. The van der Waals surface area contributed by atoms with Gasteiger partial charge in [-0.3, -0.25) is 14.6 Å². The van der Waals surface area contributed by atoms with Crippen molar-refractivity contribution >= 4 is 11.8 Å². The molecule has 1 aliphatic heterocycles. The van der Waals surface area contributed by atoms with Crippen molar-refractivity contribution in [2.75, 3.05) is 33.9 Å². The molecule has 2 heterocycles. The summed E-state index contributed by atoms with van der Waals surface area (Å²) in [6.07, 6.45) is 3.56. The number of carbonyl (C=O) groups is 2. The van der Waals surface area contributed by atoms with Crippen molar-refractivity contribution < 1.29 is 19.1 Å². The minimum absolute atomic E-state index is 0.108. The highest BCUT2D eigenvalue weighted by Crippen LogP contribution is 2.23. The van der Waals surface area contributed by atoms with Crippen LogP contribution < -0.4 is 20.1 Å². The highest BCUT2D eigenvalue weighted by Gasteiger charge is 2.31. The molecule has 0 bridgehead atoms. The van der Waals surface area contributed by atoms with Gasteiger partial charge in [0.25, 0.3) is 0 Å². The zero-order chi connectivity index (χ0) is 20.6. The van der Waals surface area contributed by atoms with Crippen LogP contribution in [0, 0.1) is 0 Å². The van der Waals surface area contributed by atoms with E-state index in [1.165, 1.54) is 0 Å². The molecule has 8 heteroatoms. The predicted octanol–water partition coefficient (Wildman–Crippen LogP) is 0.758. The molecule has 29 heavy (non-hydrogen) atoms. The van der Waals surface area contributed by atoms with Gasteiger partial charge < -0.3 is 25.0 Å². The minimum atomic E-state index is -0.555. The van der Waals surface area contributed by atoms with Crippen LogP contribution in [0.15, 0.2) is 42.7 Å². The first-order valence-corrected chi connectivity index (χ1v) is 9.49. The molecule has 0 radical (unpaired) electrons. The molecule has 2 N–H and O–H groups in total. The monoisotopic (exact) mass is 398 g/mol. The van der Waals surface area contributed by atoms with Crippen molar-refractivity contribution in [2.45, 2.75) is 19.0 Å². The number of pyridine rings is 1. The molecule has 0 aliphatic carbocycles. The summed E-state index contributed by atoms with van der Waals surface area (Å²) in [6, 6.07) is 8.53. The fourth-order valence-electron chi connectivity index (χ4n) is 3.29. The average molecular weight is 398 g/mol. The lowest BCUT2D eigenvalue weighted by molar-refractivity contribution is -0.141. The largest absolute Gasteiger partial charge is 0.497 e. The number of rotatable bonds is 7. The van der Waals surface area contributed by atoms with Crippen LogP contribution in [0.1, 0.15) is 11.1 Å². The van der Waals surface area contributed by atoms with Crippen LogP contribution in [0.5, 0.6) is 11.5 Å². The highest BCUT2D eigenvalue weighted by atomic mass is 16.5. The summed E-state index contributed by atoms with van der Waals surface area (Å²) >= 11 is 0. The third-order valence-electron chi connectivity index (χ3n) is 4.82. The molecule has 1 atom stereocenters. The number of aromatic nitrogens is 1. The molecule has 1 aliphatic rings. The fourth-order valence-corrected chi connectivity index (χ4v) is 3.29. The molecule has 1 fully saturated rings. The molecule has 0 saturated carbocycles. The van der Waals surface area contributed by atoms with Crippen LogP contribution in [0.2, 0.25) is 0 Å². The molecule has 2 amide bonds. The summed E-state index contributed by atoms with van der Waals surface area (Å²) in [5.74, 6) is 0.956. The number of nitrogens with zero attached hydrogens (tertiary/aromatic N) is 2. The van der Waals surface area contributed by atoms with Crippen LogP contribution in [-0.2, 0) is 22.6 Å². The number of hydrogen-bond acceptors (Lipinski definition) is 6. The Hall–Kier alpha value is -3.13. The summed E-state index contributed by atoms with van der Waals surface area (Å²) in [5.41, 5.74) is 1.69. The number of benzene rings is 1. The Bertz CT molecular complexity index is 822. The predicted molar refractivity (Wildman–Crippen MR) is 108 cm³/mol. The SMILES string of the molecule is COc1cc(CC(=O)N2CCNCC2C(=O)NCc2cccnc2)cc(OC)c1. The number of amides is 2. The number of hydrogen-bond donors (Lipinski definition) is 2. The number of piperazine rings is 1. The van der Waals surface area contributed by atoms with Gasteiger partial charge in [0.1, 0.15) is 17.5 Å². The Morgan fingerprint density at radius 3 is 2.62 bits per heavy atom. The number of methoxy groups -OCH3 is 2. The van der Waals surface area contributed by atoms with E-state index < -0.39 is 6.04 Å². The van der Waals surface area contributed by atoms with E-state index in [4.69, 9.17) is 9.47 Å². The van der Waals surface area contributed by atoms with Gasteiger partial charge in [-0.25, -0.2) is 0 Å². The first-order chi connectivity index (χ1) is 14.1. The first kappa shape index (κ1) is 20.6. The second-order valence-electron chi connectivity index (χ2n) is 6.78. The van der Waals surface area contributed by atoms with Crippen LogP contribution in [-0.4, -0.2) is 61.6 Å². The second kappa shape index (κ2) is 9.88. The maximum Gasteiger partial charge on any atom is 0.244 e. The van der Waals surface area contributed by atoms with Crippen molar-refractivity contribution in [2.24, 2.45) is 0 Å². The number of nitrogens with one attached hydrogen (secondary N) is 2. The molecule has 0 spiro atoms. The van der Waals surface area contributed by atoms with Gasteiger partial charge >= 0.3 is 0 Å². The maximum absolute atomic E-state index is 13.0. The number of carbonyl (C=O) groups excluding carboxylic acids is 2. The van der Waals surface area contributed by atoms with E-state index in [1.807, 2.05) is 12.1 Å². The van der Waals surface area contributed by atoms with Crippen molar-refractivity contribution in [3.63, 3.8) is 0 Å². The Morgan fingerprint density at radius 1 is 1.21 bits per heavy atom. The number of ether oxygens (including phenoxy) is 2. The summed E-state index contributed by atoms with van der Waals surface area (Å²) in [4.78, 5) is 31.4. The van der Waals surface area contributed by atoms with Gasteiger partial charge in [-0.2, -0.15) is 0 Å². The van der Waals surface area contributed by atoms with Gasteiger partial charge in [-0.15, -0.1) is 0 Å². The third-order valence-corrected chi connectivity index (χ3v) is 4.82. The van der Waals surface area contributed by atoms with Crippen molar-refractivity contribution in [1.82, 2.24) is 20.5 Å². The van der Waals surface area contributed by atoms with Crippen molar-refractivity contribution in [3.05, 3.63) is 53.9 Å². The van der Waals surface area contributed by atoms with Crippen LogP contribution in [0.25, 0.3) is 0 Å². The van der Waals surface area contributed by atoms with E-state index in [9.17, 15) is 9.59 Å². The van der Waals surface area contributed by atoms with E-state index in [0.29, 0.717) is 37.7 Å². The Kier molecular flexibility index (Phi) is 7.02. The lowest BCUT2D eigenvalue weighted by Gasteiger charge is -2.35. The zero-order valence-electron chi connectivity index (χ0n) is 16.7. The molecule has 8 nitrogen and oxygen atoms in total. The molecule has 154 valence electrons.